The first-order valence-electron chi connectivity index (χ1n) is 2.20. The van der Waals surface area contributed by atoms with E-state index in [1.165, 1.54) is 6.20 Å². The van der Waals surface area contributed by atoms with Gasteiger partial charge in [-0.3, -0.25) is 0 Å². The minimum absolute atomic E-state index is 0.178. The van der Waals surface area contributed by atoms with Crippen LogP contribution in [0.15, 0.2) is 6.20 Å². The number of rotatable bonds is 1. The Hall–Kier alpha value is -0.810. The van der Waals surface area contributed by atoms with Crippen LogP contribution >= 0.6 is 22.9 Å². The van der Waals surface area contributed by atoms with Crippen LogP contribution < -0.4 is 4.74 Å². The molecule has 0 aliphatic heterocycles. The number of nitrogens with zero attached hydrogens (tertiary/aromatic N) is 1. The highest BCUT2D eigenvalue weighted by Gasteiger charge is 2.03. The van der Waals surface area contributed by atoms with E-state index in [1.54, 1.807) is 0 Å². The van der Waals surface area contributed by atoms with Crippen molar-refractivity contribution >= 4 is 29.1 Å². The molecule has 1 N–H and O–H groups in total. The Balaban J connectivity index is 2.67. The first kappa shape index (κ1) is 7.30. The van der Waals surface area contributed by atoms with Gasteiger partial charge in [-0.1, -0.05) is 22.9 Å². The van der Waals surface area contributed by atoms with Crippen LogP contribution in [0.5, 0.6) is 5.06 Å². The number of carboxylic acid groups (broad SMARTS) is 1. The van der Waals surface area contributed by atoms with Crippen LogP contribution in [0.2, 0.25) is 4.47 Å². The zero-order valence-corrected chi connectivity index (χ0v) is 6.15. The molecule has 1 rings (SSSR count). The van der Waals surface area contributed by atoms with E-state index in [0.29, 0.717) is 0 Å². The molecule has 0 aromatic carbocycles. The van der Waals surface area contributed by atoms with Crippen molar-refractivity contribution in [3.05, 3.63) is 10.7 Å². The fraction of sp³-hybridized carbons (Fsp3) is 0. The average Bonchev–Trinajstić information content (AvgIpc) is 2.13. The van der Waals surface area contributed by atoms with Gasteiger partial charge in [0.05, 0.1) is 6.20 Å². The maximum absolute atomic E-state index is 9.89. The van der Waals surface area contributed by atoms with Crippen LogP contribution in [0.3, 0.4) is 0 Å². The van der Waals surface area contributed by atoms with Crippen LogP contribution in [0, 0.1) is 0 Å². The number of hydrogen-bond donors (Lipinski definition) is 1. The third-order valence-corrected chi connectivity index (χ3v) is 1.64. The summed E-state index contributed by atoms with van der Waals surface area (Å²) in [5, 5.41) is 8.27. The number of ether oxygens (including phenoxy) is 1. The van der Waals surface area contributed by atoms with Gasteiger partial charge in [-0.15, -0.1) is 0 Å². The molecule has 0 radical (unpaired) electrons. The summed E-state index contributed by atoms with van der Waals surface area (Å²) in [6.45, 7) is 0. The summed E-state index contributed by atoms with van der Waals surface area (Å²) in [4.78, 5) is 13.5. The van der Waals surface area contributed by atoms with Crippen molar-refractivity contribution in [3.63, 3.8) is 0 Å². The highest BCUT2D eigenvalue weighted by molar-refractivity contribution is 7.17. The second-order valence-corrected chi connectivity index (χ2v) is 2.88. The molecule has 1 heterocycles. The maximum atomic E-state index is 9.89. The van der Waals surface area contributed by atoms with Gasteiger partial charge in [0.2, 0.25) is 5.06 Å². The largest absolute Gasteiger partial charge is 0.512 e. The Morgan fingerprint density at radius 2 is 2.60 bits per heavy atom. The van der Waals surface area contributed by atoms with E-state index in [1.807, 2.05) is 0 Å². The minimum Gasteiger partial charge on any atom is -0.449 e. The lowest BCUT2D eigenvalue weighted by Crippen LogP contribution is -2.00. The number of hydrogen-bond acceptors (Lipinski definition) is 4. The lowest BCUT2D eigenvalue weighted by Gasteiger charge is -1.88. The van der Waals surface area contributed by atoms with Crippen LogP contribution in [-0.2, 0) is 0 Å². The smallest absolute Gasteiger partial charge is 0.449 e. The summed E-state index contributed by atoms with van der Waals surface area (Å²) in [5.74, 6) is 0. The fourth-order valence-electron chi connectivity index (χ4n) is 0.372. The standard InChI is InChI=1S/C4H2ClNO3S/c5-3-6-1-2(10-3)9-4(7)8/h1H,(H,7,8). The molecular weight excluding hydrogens is 178 g/mol. The van der Waals surface area contributed by atoms with Gasteiger partial charge in [0, 0.05) is 0 Å². The van der Waals surface area contributed by atoms with Gasteiger partial charge in [0.25, 0.3) is 0 Å². The molecular formula is C4H2ClNO3S. The molecule has 0 bridgehead atoms. The van der Waals surface area contributed by atoms with Crippen molar-refractivity contribution in [2.45, 2.75) is 0 Å². The lowest BCUT2D eigenvalue weighted by molar-refractivity contribution is 0.146. The SMILES string of the molecule is O=C(O)Oc1cnc(Cl)s1. The number of halogens is 1. The molecule has 0 fully saturated rings. The summed E-state index contributed by atoms with van der Waals surface area (Å²) < 4.78 is 4.48. The van der Waals surface area contributed by atoms with Crippen molar-refractivity contribution in [3.8, 4) is 5.06 Å². The molecule has 6 heteroatoms. The van der Waals surface area contributed by atoms with Crippen molar-refractivity contribution in [2.24, 2.45) is 0 Å². The predicted molar refractivity (Wildman–Crippen MR) is 35.8 cm³/mol. The number of thiazole rings is 1. The zero-order chi connectivity index (χ0) is 7.56. The summed E-state index contributed by atoms with van der Waals surface area (Å²) in [6.07, 6.45) is -0.110. The normalized spacial score (nSPS) is 9.30. The van der Waals surface area contributed by atoms with Crippen LogP contribution in [-0.4, -0.2) is 16.2 Å². The summed E-state index contributed by atoms with van der Waals surface area (Å²) >= 11 is 6.35. The molecule has 54 valence electrons. The molecule has 0 saturated carbocycles. The van der Waals surface area contributed by atoms with Gasteiger partial charge >= 0.3 is 6.16 Å². The Kier molecular flexibility index (Phi) is 2.08. The van der Waals surface area contributed by atoms with E-state index in [9.17, 15) is 4.79 Å². The van der Waals surface area contributed by atoms with E-state index in [2.05, 4.69) is 9.72 Å². The fourth-order valence-corrected chi connectivity index (χ4v) is 1.14. The van der Waals surface area contributed by atoms with Gasteiger partial charge < -0.3 is 9.84 Å². The van der Waals surface area contributed by atoms with Crippen molar-refractivity contribution in [1.29, 1.82) is 0 Å². The monoisotopic (exact) mass is 179 g/mol. The molecule has 0 amide bonds. The second-order valence-electron chi connectivity index (χ2n) is 1.30. The summed E-state index contributed by atoms with van der Waals surface area (Å²) in [7, 11) is 0. The van der Waals surface area contributed by atoms with Crippen molar-refractivity contribution in [2.75, 3.05) is 0 Å². The Morgan fingerprint density at radius 3 is 3.00 bits per heavy atom. The zero-order valence-electron chi connectivity index (χ0n) is 4.57. The highest BCUT2D eigenvalue weighted by atomic mass is 35.5. The highest BCUT2D eigenvalue weighted by Crippen LogP contribution is 2.24. The molecule has 0 aliphatic carbocycles. The Morgan fingerprint density at radius 1 is 1.90 bits per heavy atom. The molecule has 10 heavy (non-hydrogen) atoms. The molecule has 4 nitrogen and oxygen atoms in total. The molecule has 0 spiro atoms. The van der Waals surface area contributed by atoms with E-state index in [4.69, 9.17) is 16.7 Å². The molecule has 1 aromatic rings. The van der Waals surface area contributed by atoms with Gasteiger partial charge in [-0.2, -0.15) is 0 Å². The molecule has 0 atom stereocenters. The molecule has 0 saturated heterocycles. The summed E-state index contributed by atoms with van der Waals surface area (Å²) in [6, 6.07) is 0. The Bertz CT molecular complexity index is 248. The van der Waals surface area contributed by atoms with E-state index in [-0.39, 0.29) is 9.53 Å². The van der Waals surface area contributed by atoms with Crippen molar-refractivity contribution < 1.29 is 14.6 Å². The van der Waals surface area contributed by atoms with Gasteiger partial charge in [-0.25, -0.2) is 9.78 Å². The lowest BCUT2D eigenvalue weighted by atomic mass is 10.9. The third kappa shape index (κ3) is 1.85. The maximum Gasteiger partial charge on any atom is 0.512 e. The van der Waals surface area contributed by atoms with Gasteiger partial charge in [-0.05, 0) is 0 Å². The van der Waals surface area contributed by atoms with E-state index in [0.717, 1.165) is 11.3 Å². The molecule has 0 aliphatic rings. The van der Waals surface area contributed by atoms with Crippen molar-refractivity contribution in [1.82, 2.24) is 4.98 Å². The van der Waals surface area contributed by atoms with E-state index < -0.39 is 6.16 Å². The summed E-state index contributed by atoms with van der Waals surface area (Å²) in [5.41, 5.74) is 0. The second kappa shape index (κ2) is 2.85. The van der Waals surface area contributed by atoms with Gasteiger partial charge in [0.15, 0.2) is 4.47 Å². The van der Waals surface area contributed by atoms with Crippen LogP contribution in [0.1, 0.15) is 0 Å². The third-order valence-electron chi connectivity index (χ3n) is 0.644. The molecule has 1 aromatic heterocycles. The van der Waals surface area contributed by atoms with Crippen LogP contribution in [0.25, 0.3) is 0 Å². The number of carbonyl (C=O) groups is 1. The minimum atomic E-state index is -1.36. The number of aromatic nitrogens is 1. The first-order chi connectivity index (χ1) is 4.68. The quantitative estimate of drug-likeness (QED) is 0.669. The first-order valence-corrected chi connectivity index (χ1v) is 3.40. The average molecular weight is 180 g/mol. The Labute approximate surface area is 65.0 Å². The van der Waals surface area contributed by atoms with Crippen LogP contribution in [0.4, 0.5) is 4.79 Å². The van der Waals surface area contributed by atoms with E-state index >= 15 is 0 Å². The van der Waals surface area contributed by atoms with Gasteiger partial charge in [0.1, 0.15) is 0 Å². The predicted octanol–water partition coefficient (Wildman–Crippen LogP) is 1.85. The topological polar surface area (TPSA) is 59.4 Å². The molecule has 0 unspecified atom stereocenters.